The third-order valence-corrected chi connectivity index (χ3v) is 2.58. The normalized spacial score (nSPS) is 10.8. The number of hydrogen-bond donors (Lipinski definition) is 1. The average molecular weight is 251 g/mol. The third-order valence-electron chi connectivity index (χ3n) is 2.58. The molecule has 2 heterocycles. The standard InChI is InChI=1S/C10H17N7O/c1-3-16(4-2)10-12-9(18-14-10)8-7-17(6-5-11)15-13-8/h7H,3-6,11H2,1-2H3. The minimum atomic E-state index is 0.375. The lowest BCUT2D eigenvalue weighted by Gasteiger charge is -2.14. The zero-order valence-electron chi connectivity index (χ0n) is 10.6. The minimum Gasteiger partial charge on any atom is -0.339 e. The summed E-state index contributed by atoms with van der Waals surface area (Å²) in [5.74, 6) is 0.948. The predicted molar refractivity (Wildman–Crippen MR) is 65.9 cm³/mol. The lowest BCUT2D eigenvalue weighted by molar-refractivity contribution is 0.428. The van der Waals surface area contributed by atoms with Crippen molar-refractivity contribution in [3.05, 3.63) is 6.20 Å². The highest BCUT2D eigenvalue weighted by Gasteiger charge is 2.15. The Morgan fingerprint density at radius 1 is 1.39 bits per heavy atom. The first-order chi connectivity index (χ1) is 8.78. The van der Waals surface area contributed by atoms with Gasteiger partial charge in [0.25, 0.3) is 11.8 Å². The van der Waals surface area contributed by atoms with Crippen LogP contribution in [-0.4, -0.2) is 44.8 Å². The van der Waals surface area contributed by atoms with E-state index >= 15 is 0 Å². The minimum absolute atomic E-state index is 0.375. The molecule has 0 aliphatic heterocycles. The molecule has 0 amide bonds. The van der Waals surface area contributed by atoms with Crippen LogP contribution in [0.2, 0.25) is 0 Å². The Hall–Kier alpha value is -1.96. The summed E-state index contributed by atoms with van der Waals surface area (Å²) < 4.78 is 6.83. The Balaban J connectivity index is 2.17. The second-order valence-corrected chi connectivity index (χ2v) is 3.73. The lowest BCUT2D eigenvalue weighted by atomic mass is 10.5. The molecule has 0 fully saturated rings. The Morgan fingerprint density at radius 2 is 2.17 bits per heavy atom. The summed E-state index contributed by atoms with van der Waals surface area (Å²) in [5, 5.41) is 11.8. The summed E-state index contributed by atoms with van der Waals surface area (Å²) in [4.78, 5) is 6.29. The second kappa shape index (κ2) is 5.58. The van der Waals surface area contributed by atoms with Gasteiger partial charge in [-0.3, -0.25) is 4.68 Å². The highest BCUT2D eigenvalue weighted by Crippen LogP contribution is 2.17. The van der Waals surface area contributed by atoms with Crippen molar-refractivity contribution in [3.8, 4) is 11.6 Å². The van der Waals surface area contributed by atoms with Crippen LogP contribution in [0.1, 0.15) is 13.8 Å². The van der Waals surface area contributed by atoms with E-state index in [4.69, 9.17) is 10.3 Å². The molecule has 0 aliphatic rings. The number of nitrogens with two attached hydrogens (primary N) is 1. The Kier molecular flexibility index (Phi) is 3.88. The van der Waals surface area contributed by atoms with Gasteiger partial charge in [-0.25, -0.2) is 0 Å². The lowest BCUT2D eigenvalue weighted by Crippen LogP contribution is -2.22. The fourth-order valence-corrected chi connectivity index (χ4v) is 1.59. The maximum Gasteiger partial charge on any atom is 0.281 e. The van der Waals surface area contributed by atoms with E-state index in [0.29, 0.717) is 30.6 Å². The molecule has 2 aromatic heterocycles. The third kappa shape index (κ3) is 2.48. The first-order valence-corrected chi connectivity index (χ1v) is 5.97. The smallest absolute Gasteiger partial charge is 0.281 e. The average Bonchev–Trinajstić information content (AvgIpc) is 3.00. The molecule has 0 aliphatic carbocycles. The molecular weight excluding hydrogens is 234 g/mol. The topological polar surface area (TPSA) is 98.9 Å². The van der Waals surface area contributed by atoms with Crippen LogP contribution in [0.15, 0.2) is 10.7 Å². The van der Waals surface area contributed by atoms with E-state index in [0.717, 1.165) is 13.1 Å². The van der Waals surface area contributed by atoms with Crippen molar-refractivity contribution in [2.24, 2.45) is 5.73 Å². The predicted octanol–water partition coefficient (Wildman–Crippen LogP) is 0.133. The van der Waals surface area contributed by atoms with Crippen LogP contribution >= 0.6 is 0 Å². The van der Waals surface area contributed by atoms with Gasteiger partial charge in [0.1, 0.15) is 0 Å². The Bertz CT molecular complexity index is 488. The van der Waals surface area contributed by atoms with Gasteiger partial charge in [0.15, 0.2) is 5.69 Å². The number of aromatic nitrogens is 5. The van der Waals surface area contributed by atoms with Crippen molar-refractivity contribution in [3.63, 3.8) is 0 Å². The van der Waals surface area contributed by atoms with Crippen LogP contribution < -0.4 is 10.6 Å². The zero-order valence-corrected chi connectivity index (χ0v) is 10.6. The molecular formula is C10H17N7O. The molecule has 0 aromatic carbocycles. The van der Waals surface area contributed by atoms with Crippen LogP contribution in [0, 0.1) is 0 Å². The van der Waals surface area contributed by atoms with Gasteiger partial charge in [0.05, 0.1) is 12.7 Å². The fourth-order valence-electron chi connectivity index (χ4n) is 1.59. The first kappa shape index (κ1) is 12.5. The highest BCUT2D eigenvalue weighted by atomic mass is 16.5. The van der Waals surface area contributed by atoms with Gasteiger partial charge in [-0.2, -0.15) is 4.98 Å². The van der Waals surface area contributed by atoms with E-state index in [9.17, 15) is 0 Å². The van der Waals surface area contributed by atoms with E-state index in [-0.39, 0.29) is 0 Å². The van der Waals surface area contributed by atoms with Crippen LogP contribution in [0.25, 0.3) is 11.6 Å². The zero-order chi connectivity index (χ0) is 13.0. The van der Waals surface area contributed by atoms with Crippen molar-refractivity contribution in [1.29, 1.82) is 0 Å². The summed E-state index contributed by atoms with van der Waals surface area (Å²) in [5.41, 5.74) is 6.01. The summed E-state index contributed by atoms with van der Waals surface area (Å²) in [6.07, 6.45) is 1.74. The summed E-state index contributed by atoms with van der Waals surface area (Å²) in [7, 11) is 0. The van der Waals surface area contributed by atoms with E-state index in [2.05, 4.69) is 20.5 Å². The summed E-state index contributed by atoms with van der Waals surface area (Å²) in [6.45, 7) is 6.86. The molecule has 0 bridgehead atoms. The Morgan fingerprint density at radius 3 is 2.83 bits per heavy atom. The molecule has 8 nitrogen and oxygen atoms in total. The number of rotatable bonds is 6. The van der Waals surface area contributed by atoms with Gasteiger partial charge in [0.2, 0.25) is 0 Å². The summed E-state index contributed by atoms with van der Waals surface area (Å²) in [6, 6.07) is 0. The monoisotopic (exact) mass is 251 g/mol. The van der Waals surface area contributed by atoms with Crippen molar-refractivity contribution in [2.45, 2.75) is 20.4 Å². The molecule has 18 heavy (non-hydrogen) atoms. The Labute approximate surface area is 105 Å². The fraction of sp³-hybridized carbons (Fsp3) is 0.600. The first-order valence-electron chi connectivity index (χ1n) is 5.97. The molecule has 8 heteroatoms. The molecule has 2 rings (SSSR count). The summed E-state index contributed by atoms with van der Waals surface area (Å²) >= 11 is 0. The van der Waals surface area contributed by atoms with Crippen LogP contribution in [0.5, 0.6) is 0 Å². The molecule has 0 atom stereocenters. The van der Waals surface area contributed by atoms with Crippen molar-refractivity contribution in [1.82, 2.24) is 25.1 Å². The largest absolute Gasteiger partial charge is 0.339 e. The molecule has 0 saturated heterocycles. The van der Waals surface area contributed by atoms with E-state index in [1.54, 1.807) is 10.9 Å². The molecule has 2 N–H and O–H groups in total. The van der Waals surface area contributed by atoms with Crippen LogP contribution in [0.3, 0.4) is 0 Å². The highest BCUT2D eigenvalue weighted by molar-refractivity contribution is 5.46. The van der Waals surface area contributed by atoms with E-state index in [1.165, 1.54) is 0 Å². The maximum absolute atomic E-state index is 5.44. The molecule has 0 saturated carbocycles. The van der Waals surface area contributed by atoms with E-state index < -0.39 is 0 Å². The van der Waals surface area contributed by atoms with Crippen LogP contribution in [-0.2, 0) is 6.54 Å². The van der Waals surface area contributed by atoms with Gasteiger partial charge in [0, 0.05) is 19.6 Å². The SMILES string of the molecule is CCN(CC)c1noc(-c2cn(CCN)nn2)n1. The number of anilines is 1. The molecule has 0 unspecified atom stereocenters. The maximum atomic E-state index is 5.44. The van der Waals surface area contributed by atoms with Crippen LogP contribution in [0.4, 0.5) is 5.95 Å². The molecule has 0 radical (unpaired) electrons. The van der Waals surface area contributed by atoms with Crippen molar-refractivity contribution in [2.75, 3.05) is 24.5 Å². The van der Waals surface area contributed by atoms with Gasteiger partial charge < -0.3 is 15.2 Å². The molecule has 98 valence electrons. The number of hydrogen-bond acceptors (Lipinski definition) is 7. The van der Waals surface area contributed by atoms with Gasteiger partial charge in [-0.1, -0.05) is 5.21 Å². The van der Waals surface area contributed by atoms with Gasteiger partial charge >= 0.3 is 0 Å². The van der Waals surface area contributed by atoms with Gasteiger partial charge in [-0.15, -0.1) is 5.10 Å². The molecule has 2 aromatic rings. The van der Waals surface area contributed by atoms with Gasteiger partial charge in [-0.05, 0) is 19.0 Å². The van der Waals surface area contributed by atoms with E-state index in [1.807, 2.05) is 18.7 Å². The quantitative estimate of drug-likeness (QED) is 0.779. The van der Waals surface area contributed by atoms with Crippen molar-refractivity contribution < 1.29 is 4.52 Å². The molecule has 0 spiro atoms. The van der Waals surface area contributed by atoms with Crippen molar-refractivity contribution >= 4 is 5.95 Å². The number of nitrogens with zero attached hydrogens (tertiary/aromatic N) is 6. The second-order valence-electron chi connectivity index (χ2n) is 3.73.